The van der Waals surface area contributed by atoms with Gasteiger partial charge in [-0.2, -0.15) is 0 Å². The number of pyridine rings is 2. The monoisotopic (exact) mass is 494 g/mol. The van der Waals surface area contributed by atoms with Gasteiger partial charge in [0.25, 0.3) is 0 Å². The van der Waals surface area contributed by atoms with E-state index in [1.54, 1.807) is 6.20 Å². The van der Waals surface area contributed by atoms with Crippen LogP contribution in [-0.4, -0.2) is 47.7 Å². The molecule has 0 bridgehead atoms. The van der Waals surface area contributed by atoms with Gasteiger partial charge in [-0.1, -0.05) is 6.07 Å². The number of anilines is 2. The third-order valence-electron chi connectivity index (χ3n) is 6.03. The molecule has 0 saturated carbocycles. The van der Waals surface area contributed by atoms with Crippen LogP contribution in [0.3, 0.4) is 0 Å². The first-order valence-electron chi connectivity index (χ1n) is 12.4. The fourth-order valence-electron chi connectivity index (χ4n) is 4.00. The molecule has 0 amide bonds. The maximum absolute atomic E-state index is 8.99. The summed E-state index contributed by atoms with van der Waals surface area (Å²) in [5, 5.41) is 15.8. The van der Waals surface area contributed by atoms with Crippen molar-refractivity contribution < 1.29 is 5.11 Å². The number of benzene rings is 1. The Morgan fingerprint density at radius 3 is 2.49 bits per heavy atom. The zero-order valence-electron chi connectivity index (χ0n) is 21.0. The number of fused-ring (bicyclic) bond motifs is 1. The lowest BCUT2D eigenvalue weighted by molar-refractivity contribution is 0.292. The molecule has 0 radical (unpaired) electrons. The number of nitrogens with one attached hydrogen (secondary N) is 2. The van der Waals surface area contributed by atoms with E-state index in [4.69, 9.17) is 15.1 Å². The molecule has 0 fully saturated rings. The number of aromatic nitrogens is 6. The second-order valence-electron chi connectivity index (χ2n) is 9.04. The van der Waals surface area contributed by atoms with Crippen molar-refractivity contribution in [2.45, 2.75) is 32.9 Å². The molecule has 4 aromatic heterocycles. The van der Waals surface area contributed by atoms with Gasteiger partial charge in [0, 0.05) is 61.1 Å². The van der Waals surface area contributed by atoms with Crippen molar-refractivity contribution >= 4 is 22.7 Å². The summed E-state index contributed by atoms with van der Waals surface area (Å²) in [6.07, 6.45) is 7.95. The van der Waals surface area contributed by atoms with Crippen LogP contribution in [0, 0.1) is 0 Å². The van der Waals surface area contributed by atoms with Crippen molar-refractivity contribution in [2.24, 2.45) is 0 Å². The van der Waals surface area contributed by atoms with Crippen molar-refractivity contribution in [3.63, 3.8) is 0 Å². The fourth-order valence-corrected chi connectivity index (χ4v) is 4.00. The molecular formula is C28H30N8O. The standard InChI is InChI=1S/C28H30N8O/c1-19(2)36-18-33-25-27(32-16-20-6-11-24(31-15-20)22-5-3-12-29-17-22)34-26(35-28(25)36)21-7-9-23(10-8-21)30-13-4-14-37/h3,5-12,15,17-19,30,37H,4,13-14,16H2,1-2H3,(H,32,34,35). The molecule has 0 aliphatic heterocycles. The quantitative estimate of drug-likeness (QED) is 0.234. The highest BCUT2D eigenvalue weighted by molar-refractivity contribution is 5.85. The van der Waals surface area contributed by atoms with Gasteiger partial charge in [0.1, 0.15) is 5.52 Å². The van der Waals surface area contributed by atoms with E-state index >= 15 is 0 Å². The van der Waals surface area contributed by atoms with Crippen LogP contribution in [0.2, 0.25) is 0 Å². The largest absolute Gasteiger partial charge is 0.396 e. The average molecular weight is 495 g/mol. The van der Waals surface area contributed by atoms with Crippen LogP contribution in [0.15, 0.2) is 73.4 Å². The molecule has 188 valence electrons. The van der Waals surface area contributed by atoms with Crippen LogP contribution >= 0.6 is 0 Å². The molecular weight excluding hydrogens is 464 g/mol. The Kier molecular flexibility index (Phi) is 7.32. The van der Waals surface area contributed by atoms with E-state index in [-0.39, 0.29) is 12.6 Å². The number of aliphatic hydroxyl groups excluding tert-OH is 1. The van der Waals surface area contributed by atoms with Crippen LogP contribution in [0.4, 0.5) is 11.5 Å². The number of rotatable bonds is 10. The smallest absolute Gasteiger partial charge is 0.166 e. The highest BCUT2D eigenvalue weighted by atomic mass is 16.3. The molecule has 0 unspecified atom stereocenters. The Hall–Kier alpha value is -4.37. The van der Waals surface area contributed by atoms with Gasteiger partial charge in [0.15, 0.2) is 17.3 Å². The van der Waals surface area contributed by atoms with Gasteiger partial charge in [-0.05, 0) is 68.3 Å². The molecule has 4 heterocycles. The number of imidazole rings is 1. The van der Waals surface area contributed by atoms with Crippen LogP contribution in [-0.2, 0) is 6.54 Å². The predicted octanol–water partition coefficient (Wildman–Crippen LogP) is 4.94. The summed E-state index contributed by atoms with van der Waals surface area (Å²) in [5.74, 6) is 1.31. The summed E-state index contributed by atoms with van der Waals surface area (Å²) >= 11 is 0. The Labute approximate surface area is 215 Å². The predicted molar refractivity (Wildman–Crippen MR) is 146 cm³/mol. The average Bonchev–Trinajstić information content (AvgIpc) is 3.38. The first-order valence-corrected chi connectivity index (χ1v) is 12.4. The minimum absolute atomic E-state index is 0.170. The maximum Gasteiger partial charge on any atom is 0.166 e. The molecule has 0 atom stereocenters. The molecule has 0 saturated heterocycles. The van der Waals surface area contributed by atoms with Crippen molar-refractivity contribution in [2.75, 3.05) is 23.8 Å². The molecule has 9 heteroatoms. The van der Waals surface area contributed by atoms with E-state index in [0.717, 1.165) is 45.8 Å². The third kappa shape index (κ3) is 5.57. The fraction of sp³-hybridized carbons (Fsp3) is 0.250. The van der Waals surface area contributed by atoms with Gasteiger partial charge in [-0.3, -0.25) is 9.97 Å². The van der Waals surface area contributed by atoms with Crippen molar-refractivity contribution in [3.05, 3.63) is 79.0 Å². The van der Waals surface area contributed by atoms with Crippen molar-refractivity contribution in [3.8, 4) is 22.6 Å². The molecule has 37 heavy (non-hydrogen) atoms. The molecule has 9 nitrogen and oxygen atoms in total. The van der Waals surface area contributed by atoms with Gasteiger partial charge < -0.3 is 20.3 Å². The lowest BCUT2D eigenvalue weighted by Crippen LogP contribution is -2.07. The Balaban J connectivity index is 1.41. The van der Waals surface area contributed by atoms with Crippen molar-refractivity contribution in [1.29, 1.82) is 0 Å². The molecule has 0 spiro atoms. The molecule has 5 aromatic rings. The minimum atomic E-state index is 0.170. The van der Waals surface area contributed by atoms with Crippen LogP contribution in [0.5, 0.6) is 0 Å². The SMILES string of the molecule is CC(C)n1cnc2c(NCc3ccc(-c4cccnc4)nc3)nc(-c3ccc(NCCCO)cc3)nc21. The second-order valence-corrected chi connectivity index (χ2v) is 9.04. The highest BCUT2D eigenvalue weighted by Crippen LogP contribution is 2.27. The first-order chi connectivity index (χ1) is 18.1. The second kappa shape index (κ2) is 11.1. The number of aliphatic hydroxyl groups is 1. The van der Waals surface area contributed by atoms with E-state index in [0.29, 0.717) is 24.6 Å². The lowest BCUT2D eigenvalue weighted by Gasteiger charge is -2.12. The van der Waals surface area contributed by atoms with Gasteiger partial charge in [-0.15, -0.1) is 0 Å². The first kappa shape index (κ1) is 24.3. The van der Waals surface area contributed by atoms with E-state index in [1.165, 1.54) is 0 Å². The lowest BCUT2D eigenvalue weighted by atomic mass is 10.1. The van der Waals surface area contributed by atoms with Crippen LogP contribution in [0.1, 0.15) is 31.9 Å². The minimum Gasteiger partial charge on any atom is -0.396 e. The number of nitrogens with zero attached hydrogens (tertiary/aromatic N) is 6. The normalized spacial score (nSPS) is 11.2. The zero-order chi connectivity index (χ0) is 25.6. The van der Waals surface area contributed by atoms with Crippen LogP contribution < -0.4 is 10.6 Å². The molecule has 3 N–H and O–H groups in total. The van der Waals surface area contributed by atoms with Gasteiger partial charge in [0.05, 0.1) is 12.0 Å². The number of hydrogen-bond donors (Lipinski definition) is 3. The number of hydrogen-bond acceptors (Lipinski definition) is 8. The summed E-state index contributed by atoms with van der Waals surface area (Å²) in [6.45, 7) is 5.66. The zero-order valence-corrected chi connectivity index (χ0v) is 21.0. The Bertz CT molecular complexity index is 1450. The third-order valence-corrected chi connectivity index (χ3v) is 6.03. The van der Waals surface area contributed by atoms with E-state index in [2.05, 4.69) is 50.1 Å². The van der Waals surface area contributed by atoms with Gasteiger partial charge >= 0.3 is 0 Å². The summed E-state index contributed by atoms with van der Waals surface area (Å²) in [5.41, 5.74) is 6.33. The summed E-state index contributed by atoms with van der Waals surface area (Å²) in [7, 11) is 0. The maximum atomic E-state index is 8.99. The van der Waals surface area contributed by atoms with Gasteiger partial charge in [-0.25, -0.2) is 15.0 Å². The van der Waals surface area contributed by atoms with E-state index in [9.17, 15) is 0 Å². The highest BCUT2D eigenvalue weighted by Gasteiger charge is 2.16. The van der Waals surface area contributed by atoms with E-state index < -0.39 is 0 Å². The Morgan fingerprint density at radius 2 is 1.78 bits per heavy atom. The Morgan fingerprint density at radius 1 is 0.919 bits per heavy atom. The van der Waals surface area contributed by atoms with Crippen LogP contribution in [0.25, 0.3) is 33.8 Å². The topological polar surface area (TPSA) is 114 Å². The summed E-state index contributed by atoms with van der Waals surface area (Å²) < 4.78 is 2.06. The van der Waals surface area contributed by atoms with Gasteiger partial charge in [0.2, 0.25) is 0 Å². The summed E-state index contributed by atoms with van der Waals surface area (Å²) in [6, 6.07) is 16.2. The molecule has 0 aliphatic carbocycles. The molecule has 1 aromatic carbocycles. The van der Waals surface area contributed by atoms with Crippen molar-refractivity contribution in [1.82, 2.24) is 29.5 Å². The molecule has 5 rings (SSSR count). The molecule has 0 aliphatic rings. The van der Waals surface area contributed by atoms with E-state index in [1.807, 2.05) is 61.2 Å². The summed E-state index contributed by atoms with van der Waals surface area (Å²) in [4.78, 5) is 23.1.